The molecule has 0 unspecified atom stereocenters. The summed E-state index contributed by atoms with van der Waals surface area (Å²) < 4.78 is 1.63. The van der Waals surface area contributed by atoms with Crippen molar-refractivity contribution in [1.29, 1.82) is 0 Å². The summed E-state index contributed by atoms with van der Waals surface area (Å²) in [6.45, 7) is 3.52. The Hall–Kier alpha value is -3.48. The van der Waals surface area contributed by atoms with E-state index in [9.17, 15) is 14.4 Å². The highest BCUT2D eigenvalue weighted by molar-refractivity contribution is 6.31. The van der Waals surface area contributed by atoms with Crippen molar-refractivity contribution in [3.05, 3.63) is 66.5 Å². The van der Waals surface area contributed by atoms with Gasteiger partial charge in [-0.3, -0.25) is 19.8 Å². The maximum atomic E-state index is 12.3. The molecule has 0 atom stereocenters. The van der Waals surface area contributed by atoms with Gasteiger partial charge in [0.25, 0.3) is 11.8 Å². The standard InChI is InChI=1S/C17H14N4O3/c1-2-8-20-16(23)14(15(22)19-17(20)24)9-12-10-18-21(11-12)13-6-4-3-5-7-13/h2-7,9-11H,1,8H2,(H,19,22,24)/b14-9-. The van der Waals surface area contributed by atoms with E-state index in [1.165, 1.54) is 18.3 Å². The Bertz CT molecular complexity index is 852. The molecule has 24 heavy (non-hydrogen) atoms. The van der Waals surface area contributed by atoms with Gasteiger partial charge in [-0.1, -0.05) is 24.3 Å². The van der Waals surface area contributed by atoms with E-state index in [2.05, 4.69) is 17.0 Å². The van der Waals surface area contributed by atoms with Crippen molar-refractivity contribution in [3.63, 3.8) is 0 Å². The summed E-state index contributed by atoms with van der Waals surface area (Å²) in [6.07, 6.45) is 6.05. The molecule has 0 spiro atoms. The van der Waals surface area contributed by atoms with Crippen LogP contribution in [0.15, 0.2) is 61.0 Å². The molecule has 7 nitrogen and oxygen atoms in total. The fourth-order valence-electron chi connectivity index (χ4n) is 2.29. The first kappa shape index (κ1) is 15.4. The third kappa shape index (κ3) is 2.87. The van der Waals surface area contributed by atoms with Crippen molar-refractivity contribution < 1.29 is 14.4 Å². The molecule has 1 fully saturated rings. The Labute approximate surface area is 137 Å². The number of carbonyl (C=O) groups excluding carboxylic acids is 3. The Morgan fingerprint density at radius 1 is 1.17 bits per heavy atom. The molecule has 7 heteroatoms. The van der Waals surface area contributed by atoms with Gasteiger partial charge in [-0.2, -0.15) is 5.10 Å². The zero-order valence-corrected chi connectivity index (χ0v) is 12.7. The zero-order valence-electron chi connectivity index (χ0n) is 12.7. The zero-order chi connectivity index (χ0) is 17.1. The van der Waals surface area contributed by atoms with Crippen molar-refractivity contribution >= 4 is 23.9 Å². The molecule has 0 bridgehead atoms. The van der Waals surface area contributed by atoms with Crippen LogP contribution in [0.2, 0.25) is 0 Å². The highest BCUT2D eigenvalue weighted by Crippen LogP contribution is 2.15. The van der Waals surface area contributed by atoms with Crippen molar-refractivity contribution in [2.45, 2.75) is 0 Å². The number of hydrogen-bond donors (Lipinski definition) is 1. The maximum absolute atomic E-state index is 12.3. The van der Waals surface area contributed by atoms with Crippen LogP contribution in [0, 0.1) is 0 Å². The van der Waals surface area contributed by atoms with Gasteiger partial charge in [-0.25, -0.2) is 9.48 Å². The van der Waals surface area contributed by atoms with Crippen LogP contribution in [0.4, 0.5) is 4.79 Å². The second-order valence-corrected chi connectivity index (χ2v) is 5.08. The number of hydrogen-bond acceptors (Lipinski definition) is 4. The largest absolute Gasteiger partial charge is 0.331 e. The number of imide groups is 2. The lowest BCUT2D eigenvalue weighted by Crippen LogP contribution is -2.54. The molecule has 3 rings (SSSR count). The molecule has 2 aromatic rings. The van der Waals surface area contributed by atoms with Gasteiger partial charge in [0.15, 0.2) is 0 Å². The van der Waals surface area contributed by atoms with E-state index in [4.69, 9.17) is 0 Å². The van der Waals surface area contributed by atoms with Gasteiger partial charge in [0.2, 0.25) is 0 Å². The number of carbonyl (C=O) groups is 3. The van der Waals surface area contributed by atoms with E-state index in [1.807, 2.05) is 30.3 Å². The molecule has 1 aliphatic heterocycles. The fourth-order valence-corrected chi connectivity index (χ4v) is 2.29. The maximum Gasteiger partial charge on any atom is 0.331 e. The molecule has 1 aromatic carbocycles. The summed E-state index contributed by atoms with van der Waals surface area (Å²) >= 11 is 0. The average molecular weight is 322 g/mol. The van der Waals surface area contributed by atoms with Crippen LogP contribution in [0.3, 0.4) is 0 Å². The predicted molar refractivity (Wildman–Crippen MR) is 87.0 cm³/mol. The van der Waals surface area contributed by atoms with Crippen molar-refractivity contribution in [1.82, 2.24) is 20.0 Å². The lowest BCUT2D eigenvalue weighted by atomic mass is 10.1. The van der Waals surface area contributed by atoms with Gasteiger partial charge in [-0.05, 0) is 18.2 Å². The van der Waals surface area contributed by atoms with E-state index < -0.39 is 17.8 Å². The highest BCUT2D eigenvalue weighted by Gasteiger charge is 2.34. The number of benzene rings is 1. The van der Waals surface area contributed by atoms with Crippen LogP contribution in [-0.2, 0) is 9.59 Å². The SMILES string of the molecule is C=CCN1C(=O)NC(=O)/C(=C/c2cnn(-c3ccccc3)c2)C1=O. The van der Waals surface area contributed by atoms with Crippen LogP contribution >= 0.6 is 0 Å². The summed E-state index contributed by atoms with van der Waals surface area (Å²) in [5.41, 5.74) is 1.30. The number of nitrogens with one attached hydrogen (secondary N) is 1. The molecule has 1 N–H and O–H groups in total. The number of urea groups is 1. The molecule has 2 heterocycles. The first-order valence-corrected chi connectivity index (χ1v) is 7.20. The molecule has 4 amide bonds. The summed E-state index contributed by atoms with van der Waals surface area (Å²) in [6, 6.07) is 8.67. The van der Waals surface area contributed by atoms with Gasteiger partial charge < -0.3 is 0 Å². The Morgan fingerprint density at radius 2 is 1.92 bits per heavy atom. The minimum absolute atomic E-state index is 0.0264. The summed E-state index contributed by atoms with van der Waals surface area (Å²) in [7, 11) is 0. The molecule has 0 saturated carbocycles. The number of barbiturate groups is 1. The highest BCUT2D eigenvalue weighted by atomic mass is 16.2. The molecule has 120 valence electrons. The van der Waals surface area contributed by atoms with Gasteiger partial charge >= 0.3 is 6.03 Å². The monoisotopic (exact) mass is 322 g/mol. The van der Waals surface area contributed by atoms with Crippen LogP contribution in [0.5, 0.6) is 0 Å². The Balaban J connectivity index is 1.91. The molecular weight excluding hydrogens is 308 g/mol. The van der Waals surface area contributed by atoms with Crippen molar-refractivity contribution in [3.8, 4) is 5.69 Å². The number of para-hydroxylation sites is 1. The van der Waals surface area contributed by atoms with Crippen LogP contribution in [0.25, 0.3) is 11.8 Å². The second-order valence-electron chi connectivity index (χ2n) is 5.08. The molecule has 1 saturated heterocycles. The third-order valence-corrected chi connectivity index (χ3v) is 3.43. The van der Waals surface area contributed by atoms with Crippen LogP contribution in [-0.4, -0.2) is 39.1 Å². The van der Waals surface area contributed by atoms with Crippen molar-refractivity contribution in [2.75, 3.05) is 6.54 Å². The minimum atomic E-state index is -0.748. The summed E-state index contributed by atoms with van der Waals surface area (Å²) in [5, 5.41) is 6.34. The first-order chi connectivity index (χ1) is 11.6. The Morgan fingerprint density at radius 3 is 2.62 bits per heavy atom. The van der Waals surface area contributed by atoms with Crippen molar-refractivity contribution in [2.24, 2.45) is 0 Å². The lowest BCUT2D eigenvalue weighted by molar-refractivity contribution is -0.129. The van der Waals surface area contributed by atoms with E-state index in [-0.39, 0.29) is 12.1 Å². The van der Waals surface area contributed by atoms with Gasteiger partial charge in [0.1, 0.15) is 5.57 Å². The van der Waals surface area contributed by atoms with E-state index in [0.29, 0.717) is 5.56 Å². The lowest BCUT2D eigenvalue weighted by Gasteiger charge is -2.24. The van der Waals surface area contributed by atoms with E-state index >= 15 is 0 Å². The van der Waals surface area contributed by atoms with E-state index in [0.717, 1.165) is 10.6 Å². The Kier molecular flexibility index (Phi) is 4.07. The van der Waals surface area contributed by atoms with Crippen LogP contribution < -0.4 is 5.32 Å². The van der Waals surface area contributed by atoms with E-state index in [1.54, 1.807) is 10.9 Å². The molecule has 1 aromatic heterocycles. The molecule has 1 aliphatic rings. The fraction of sp³-hybridized carbons (Fsp3) is 0.0588. The summed E-state index contributed by atoms with van der Waals surface area (Å²) in [4.78, 5) is 36.9. The molecule has 0 radical (unpaired) electrons. The summed E-state index contributed by atoms with van der Waals surface area (Å²) in [5.74, 6) is -1.38. The molecule has 0 aliphatic carbocycles. The smallest absolute Gasteiger partial charge is 0.273 e. The van der Waals surface area contributed by atoms with Crippen LogP contribution in [0.1, 0.15) is 5.56 Å². The number of nitrogens with zero attached hydrogens (tertiary/aromatic N) is 3. The van der Waals surface area contributed by atoms with Gasteiger partial charge in [0, 0.05) is 18.3 Å². The number of aromatic nitrogens is 2. The van der Waals surface area contributed by atoms with Gasteiger partial charge in [0.05, 0.1) is 11.9 Å². The topological polar surface area (TPSA) is 84.3 Å². The quantitative estimate of drug-likeness (QED) is 0.525. The first-order valence-electron chi connectivity index (χ1n) is 7.20. The predicted octanol–water partition coefficient (Wildman–Crippen LogP) is 1.52. The molecular formula is C17H14N4O3. The van der Waals surface area contributed by atoms with Gasteiger partial charge in [-0.15, -0.1) is 6.58 Å². The average Bonchev–Trinajstić information content (AvgIpc) is 3.05. The minimum Gasteiger partial charge on any atom is -0.273 e. The number of rotatable bonds is 4. The number of amides is 4. The normalized spacial score (nSPS) is 16.4. The second kappa shape index (κ2) is 6.33. The third-order valence-electron chi connectivity index (χ3n) is 3.43.